The summed E-state index contributed by atoms with van der Waals surface area (Å²) in [6.07, 6.45) is 5.48. The number of nitrogens with one attached hydrogen (secondary N) is 3. The Kier molecular flexibility index (Phi) is 4.16. The third kappa shape index (κ3) is 3.34. The lowest BCUT2D eigenvalue weighted by atomic mass is 10.2. The average molecular weight is 403 g/mol. The van der Waals surface area contributed by atoms with Gasteiger partial charge < -0.3 is 15.5 Å². The van der Waals surface area contributed by atoms with E-state index in [0.29, 0.717) is 17.3 Å². The number of fused-ring (bicyclic) bond motifs is 1. The van der Waals surface area contributed by atoms with Crippen molar-refractivity contribution in [2.24, 2.45) is 0 Å². The molecule has 2 fully saturated rings. The zero-order valence-electron chi connectivity index (χ0n) is 16.6. The number of benzene rings is 1. The van der Waals surface area contributed by atoms with E-state index in [1.165, 1.54) is 0 Å². The molecule has 0 spiro atoms. The molecular formula is C21H21N7O2. The van der Waals surface area contributed by atoms with Crippen molar-refractivity contribution in [2.75, 3.05) is 17.3 Å². The van der Waals surface area contributed by atoms with Gasteiger partial charge in [-0.2, -0.15) is 9.61 Å². The number of aromatic nitrogens is 3. The summed E-state index contributed by atoms with van der Waals surface area (Å²) in [5.41, 5.74) is 3.59. The van der Waals surface area contributed by atoms with Gasteiger partial charge in [0.2, 0.25) is 0 Å². The van der Waals surface area contributed by atoms with Crippen LogP contribution in [0.1, 0.15) is 24.0 Å². The molecule has 1 saturated heterocycles. The predicted octanol–water partition coefficient (Wildman–Crippen LogP) is 2.56. The van der Waals surface area contributed by atoms with Gasteiger partial charge in [0.15, 0.2) is 5.65 Å². The zero-order valence-corrected chi connectivity index (χ0v) is 16.6. The molecule has 0 bridgehead atoms. The lowest BCUT2D eigenvalue weighted by Gasteiger charge is -2.20. The summed E-state index contributed by atoms with van der Waals surface area (Å²) in [6, 6.07) is 10.1. The minimum atomic E-state index is -0.536. The molecule has 9 heteroatoms. The first-order valence-electron chi connectivity index (χ1n) is 9.78. The van der Waals surface area contributed by atoms with E-state index in [1.54, 1.807) is 16.8 Å². The lowest BCUT2D eigenvalue weighted by molar-refractivity contribution is -0.115. The van der Waals surface area contributed by atoms with Crippen molar-refractivity contribution >= 4 is 41.0 Å². The van der Waals surface area contributed by atoms with Crippen LogP contribution in [0.3, 0.4) is 0 Å². The van der Waals surface area contributed by atoms with E-state index in [1.807, 2.05) is 30.1 Å². The number of hydrogen-bond acceptors (Lipinski definition) is 6. The van der Waals surface area contributed by atoms with Crippen LogP contribution in [-0.2, 0) is 4.79 Å². The number of carbonyl (C=O) groups is 2. The van der Waals surface area contributed by atoms with E-state index in [0.717, 1.165) is 35.7 Å². The highest BCUT2D eigenvalue weighted by Crippen LogP contribution is 2.30. The van der Waals surface area contributed by atoms with Crippen LogP contribution in [0.25, 0.3) is 11.7 Å². The Balaban J connectivity index is 1.61. The molecule has 3 N–H and O–H groups in total. The van der Waals surface area contributed by atoms with Gasteiger partial charge in [0.1, 0.15) is 17.3 Å². The fraction of sp³-hybridized carbons (Fsp3) is 0.238. The highest BCUT2D eigenvalue weighted by atomic mass is 16.2. The molecule has 152 valence electrons. The average Bonchev–Trinajstić information content (AvgIpc) is 3.35. The second kappa shape index (κ2) is 6.87. The Labute approximate surface area is 172 Å². The Bertz CT molecular complexity index is 1210. The van der Waals surface area contributed by atoms with Crippen molar-refractivity contribution < 1.29 is 9.59 Å². The number of carbonyl (C=O) groups excluding carboxylic acids is 2. The number of imide groups is 1. The number of anilines is 3. The fourth-order valence-corrected chi connectivity index (χ4v) is 3.39. The van der Waals surface area contributed by atoms with Crippen LogP contribution < -0.4 is 20.9 Å². The normalized spacial score (nSPS) is 17.3. The summed E-state index contributed by atoms with van der Waals surface area (Å²) >= 11 is 0. The van der Waals surface area contributed by atoms with Gasteiger partial charge in [0, 0.05) is 30.4 Å². The van der Waals surface area contributed by atoms with Crippen molar-refractivity contribution in [1.82, 2.24) is 25.2 Å². The molecule has 9 nitrogen and oxygen atoms in total. The molecule has 30 heavy (non-hydrogen) atoms. The SMILES string of the molecule is Cc1cccc(N(C)c2cc(NC3CC3)n3ncc(/C=C4\NC(=O)NC4=O)c3n2)c1. The van der Waals surface area contributed by atoms with E-state index in [-0.39, 0.29) is 5.70 Å². The van der Waals surface area contributed by atoms with E-state index in [2.05, 4.69) is 40.1 Å². The molecule has 0 atom stereocenters. The first-order chi connectivity index (χ1) is 14.5. The molecule has 0 unspecified atom stereocenters. The molecule has 5 rings (SSSR count). The standard InChI is InChI=1S/C21H21N7O2/c1-12-4-3-5-15(8-12)27(2)17-10-18(23-14-6-7-14)28-19(25-17)13(11-22-28)9-16-20(29)26-21(30)24-16/h3-5,8-11,14,23H,6-7H2,1-2H3,(H2,24,26,29,30)/b16-9-. The molecule has 2 aromatic heterocycles. The number of urea groups is 1. The van der Waals surface area contributed by atoms with Crippen molar-refractivity contribution in [3.63, 3.8) is 0 Å². The number of rotatable bonds is 5. The van der Waals surface area contributed by atoms with Crippen LogP contribution in [-0.4, -0.2) is 39.6 Å². The Morgan fingerprint density at radius 3 is 2.77 bits per heavy atom. The molecule has 3 amide bonds. The summed E-state index contributed by atoms with van der Waals surface area (Å²) in [6.45, 7) is 2.05. The summed E-state index contributed by atoms with van der Waals surface area (Å²) < 4.78 is 1.73. The molecule has 3 aromatic rings. The molecule has 1 aromatic carbocycles. The van der Waals surface area contributed by atoms with Gasteiger partial charge in [-0.1, -0.05) is 12.1 Å². The van der Waals surface area contributed by atoms with Crippen molar-refractivity contribution in [3.8, 4) is 0 Å². The molecule has 1 aliphatic heterocycles. The van der Waals surface area contributed by atoms with E-state index < -0.39 is 11.9 Å². The molecule has 1 saturated carbocycles. The van der Waals surface area contributed by atoms with Crippen molar-refractivity contribution in [1.29, 1.82) is 0 Å². The van der Waals surface area contributed by atoms with Gasteiger partial charge in [0.05, 0.1) is 6.20 Å². The largest absolute Gasteiger partial charge is 0.367 e. The quantitative estimate of drug-likeness (QED) is 0.447. The molecule has 1 aliphatic carbocycles. The molecule has 0 radical (unpaired) electrons. The minimum Gasteiger partial charge on any atom is -0.367 e. The van der Waals surface area contributed by atoms with Gasteiger partial charge in [-0.25, -0.2) is 9.78 Å². The minimum absolute atomic E-state index is 0.172. The smallest absolute Gasteiger partial charge is 0.326 e. The van der Waals surface area contributed by atoms with Crippen LogP contribution in [0.2, 0.25) is 0 Å². The fourth-order valence-electron chi connectivity index (χ4n) is 3.39. The van der Waals surface area contributed by atoms with Crippen LogP contribution in [0, 0.1) is 6.92 Å². The molecular weight excluding hydrogens is 382 g/mol. The van der Waals surface area contributed by atoms with E-state index in [9.17, 15) is 9.59 Å². The van der Waals surface area contributed by atoms with Gasteiger partial charge >= 0.3 is 6.03 Å². The second-order valence-electron chi connectivity index (χ2n) is 7.62. The van der Waals surface area contributed by atoms with Crippen LogP contribution in [0.5, 0.6) is 0 Å². The van der Waals surface area contributed by atoms with E-state index >= 15 is 0 Å². The van der Waals surface area contributed by atoms with Gasteiger partial charge in [-0.3, -0.25) is 10.1 Å². The maximum Gasteiger partial charge on any atom is 0.326 e. The maximum atomic E-state index is 11.9. The summed E-state index contributed by atoms with van der Waals surface area (Å²) in [4.78, 5) is 30.2. The number of amides is 3. The van der Waals surface area contributed by atoms with Crippen LogP contribution in [0.4, 0.5) is 22.1 Å². The lowest BCUT2D eigenvalue weighted by Crippen LogP contribution is -2.22. The molecule has 3 heterocycles. The Hall–Kier alpha value is -3.88. The predicted molar refractivity (Wildman–Crippen MR) is 114 cm³/mol. The Morgan fingerprint density at radius 1 is 1.23 bits per heavy atom. The summed E-state index contributed by atoms with van der Waals surface area (Å²) in [5, 5.41) is 12.7. The molecule has 2 aliphatic rings. The van der Waals surface area contributed by atoms with Gasteiger partial charge in [-0.15, -0.1) is 0 Å². The van der Waals surface area contributed by atoms with Gasteiger partial charge in [-0.05, 0) is 43.5 Å². The van der Waals surface area contributed by atoms with Gasteiger partial charge in [0.25, 0.3) is 5.91 Å². The highest BCUT2D eigenvalue weighted by Gasteiger charge is 2.25. The maximum absolute atomic E-state index is 11.9. The van der Waals surface area contributed by atoms with Crippen LogP contribution in [0.15, 0.2) is 42.2 Å². The first-order valence-corrected chi connectivity index (χ1v) is 9.78. The number of aryl methyl sites for hydroxylation is 1. The zero-order chi connectivity index (χ0) is 20.8. The summed E-state index contributed by atoms with van der Waals surface area (Å²) in [5.74, 6) is 1.11. The highest BCUT2D eigenvalue weighted by molar-refractivity contribution is 6.14. The van der Waals surface area contributed by atoms with E-state index in [4.69, 9.17) is 4.98 Å². The van der Waals surface area contributed by atoms with Crippen molar-refractivity contribution in [3.05, 3.63) is 53.4 Å². The number of hydrogen-bond donors (Lipinski definition) is 3. The first kappa shape index (κ1) is 18.2. The third-order valence-corrected chi connectivity index (χ3v) is 5.17. The Morgan fingerprint density at radius 2 is 2.07 bits per heavy atom. The number of nitrogens with zero attached hydrogens (tertiary/aromatic N) is 4. The second-order valence-corrected chi connectivity index (χ2v) is 7.62. The topological polar surface area (TPSA) is 104 Å². The monoisotopic (exact) mass is 403 g/mol. The third-order valence-electron chi connectivity index (χ3n) is 5.17. The van der Waals surface area contributed by atoms with Crippen LogP contribution >= 0.6 is 0 Å². The van der Waals surface area contributed by atoms with Crippen molar-refractivity contribution in [2.45, 2.75) is 25.8 Å². The summed E-state index contributed by atoms with van der Waals surface area (Å²) in [7, 11) is 1.97.